The van der Waals surface area contributed by atoms with Crippen LogP contribution in [0.5, 0.6) is 0 Å². The predicted molar refractivity (Wildman–Crippen MR) is 72.0 cm³/mol. The Morgan fingerprint density at radius 3 is 2.70 bits per heavy atom. The molecule has 1 aromatic rings. The van der Waals surface area contributed by atoms with Crippen molar-refractivity contribution in [2.45, 2.75) is 32.7 Å². The van der Waals surface area contributed by atoms with E-state index in [2.05, 4.69) is 0 Å². The lowest BCUT2D eigenvalue weighted by atomic mass is 9.91. The number of carbonyl (C=O) groups excluding carboxylic acids is 1. The smallest absolute Gasteiger partial charge is 0.306 e. The average molecular weight is 279 g/mol. The van der Waals surface area contributed by atoms with Crippen LogP contribution in [0.2, 0.25) is 0 Å². The summed E-state index contributed by atoms with van der Waals surface area (Å²) in [5, 5.41) is 9.01. The van der Waals surface area contributed by atoms with Crippen molar-refractivity contribution in [3.05, 3.63) is 35.1 Å². The topological polar surface area (TPSA) is 57.6 Å². The third kappa shape index (κ3) is 2.66. The van der Waals surface area contributed by atoms with Crippen LogP contribution in [0.3, 0.4) is 0 Å². The van der Waals surface area contributed by atoms with Crippen molar-refractivity contribution in [2.75, 3.05) is 6.54 Å². The number of halogens is 1. The van der Waals surface area contributed by atoms with Gasteiger partial charge in [0.15, 0.2) is 0 Å². The number of piperidine rings is 1. The van der Waals surface area contributed by atoms with Crippen molar-refractivity contribution in [1.82, 2.24) is 4.90 Å². The van der Waals surface area contributed by atoms with Crippen LogP contribution in [0.4, 0.5) is 4.39 Å². The van der Waals surface area contributed by atoms with E-state index in [1.807, 2.05) is 0 Å². The molecule has 0 spiro atoms. The molecule has 1 heterocycles. The summed E-state index contributed by atoms with van der Waals surface area (Å²) < 4.78 is 14.0. The Balaban J connectivity index is 2.18. The van der Waals surface area contributed by atoms with Crippen LogP contribution in [-0.4, -0.2) is 34.5 Å². The molecule has 1 aliphatic heterocycles. The molecule has 5 heteroatoms. The van der Waals surface area contributed by atoms with Gasteiger partial charge in [-0.05, 0) is 38.3 Å². The Bertz CT molecular complexity index is 544. The van der Waals surface area contributed by atoms with Crippen LogP contribution in [0.1, 0.15) is 35.7 Å². The van der Waals surface area contributed by atoms with E-state index in [0.29, 0.717) is 24.9 Å². The number of aliphatic carboxylic acids is 1. The molecule has 0 saturated carbocycles. The molecule has 1 fully saturated rings. The van der Waals surface area contributed by atoms with E-state index in [1.165, 1.54) is 6.07 Å². The second-order valence-corrected chi connectivity index (χ2v) is 5.34. The van der Waals surface area contributed by atoms with Crippen molar-refractivity contribution >= 4 is 11.9 Å². The SMILES string of the molecule is Cc1cccc(C(=O)N2CCC(C(=O)O)CC2C)c1F. The lowest BCUT2D eigenvalue weighted by Gasteiger charge is -2.36. The van der Waals surface area contributed by atoms with Crippen molar-refractivity contribution in [2.24, 2.45) is 5.92 Å². The molecule has 0 aliphatic carbocycles. The summed E-state index contributed by atoms with van der Waals surface area (Å²) in [4.78, 5) is 24.9. The van der Waals surface area contributed by atoms with Crippen LogP contribution in [0.25, 0.3) is 0 Å². The highest BCUT2D eigenvalue weighted by molar-refractivity contribution is 5.95. The Morgan fingerprint density at radius 1 is 1.40 bits per heavy atom. The number of benzene rings is 1. The van der Waals surface area contributed by atoms with E-state index in [1.54, 1.807) is 30.9 Å². The first-order chi connectivity index (χ1) is 9.41. The molecule has 0 aromatic heterocycles. The number of hydrogen-bond acceptors (Lipinski definition) is 2. The van der Waals surface area contributed by atoms with Crippen molar-refractivity contribution in [3.63, 3.8) is 0 Å². The van der Waals surface area contributed by atoms with Gasteiger partial charge in [-0.2, -0.15) is 0 Å². The fourth-order valence-electron chi connectivity index (χ4n) is 2.67. The van der Waals surface area contributed by atoms with Gasteiger partial charge in [0, 0.05) is 12.6 Å². The normalized spacial score (nSPS) is 22.6. The van der Waals surface area contributed by atoms with Crippen molar-refractivity contribution < 1.29 is 19.1 Å². The number of rotatable bonds is 2. The summed E-state index contributed by atoms with van der Waals surface area (Å²) in [6.45, 7) is 3.78. The highest BCUT2D eigenvalue weighted by Crippen LogP contribution is 2.25. The lowest BCUT2D eigenvalue weighted by molar-refractivity contribution is -0.143. The van der Waals surface area contributed by atoms with Crippen LogP contribution in [-0.2, 0) is 4.79 Å². The van der Waals surface area contributed by atoms with E-state index in [0.717, 1.165) is 0 Å². The molecule has 1 saturated heterocycles. The van der Waals surface area contributed by atoms with Gasteiger partial charge >= 0.3 is 5.97 Å². The molecular formula is C15H18FNO3. The number of carboxylic acid groups (broad SMARTS) is 1. The van der Waals surface area contributed by atoms with E-state index in [4.69, 9.17) is 5.11 Å². The molecule has 0 radical (unpaired) electrons. The summed E-state index contributed by atoms with van der Waals surface area (Å²) >= 11 is 0. The van der Waals surface area contributed by atoms with Crippen LogP contribution in [0, 0.1) is 18.7 Å². The van der Waals surface area contributed by atoms with Gasteiger partial charge in [-0.1, -0.05) is 12.1 Å². The first kappa shape index (κ1) is 14.5. The maximum Gasteiger partial charge on any atom is 0.306 e. The molecule has 108 valence electrons. The number of carboxylic acids is 1. The minimum absolute atomic E-state index is 0.0608. The predicted octanol–water partition coefficient (Wildman–Crippen LogP) is 2.46. The van der Waals surface area contributed by atoms with Gasteiger partial charge in [0.1, 0.15) is 5.82 Å². The standard InChI is InChI=1S/C15H18FNO3/c1-9-4-3-5-12(13(9)16)14(18)17-7-6-11(15(19)20)8-10(17)2/h3-5,10-11H,6-8H2,1-2H3,(H,19,20). The van der Waals surface area contributed by atoms with Crippen LogP contribution >= 0.6 is 0 Å². The Kier molecular flexibility index (Phi) is 4.06. The van der Waals surface area contributed by atoms with Gasteiger partial charge in [-0.3, -0.25) is 9.59 Å². The summed E-state index contributed by atoms with van der Waals surface area (Å²) in [5.41, 5.74) is 0.495. The quantitative estimate of drug-likeness (QED) is 0.904. The fraction of sp³-hybridized carbons (Fsp3) is 0.467. The number of aryl methyl sites for hydroxylation is 1. The molecule has 4 nitrogen and oxygen atoms in total. The van der Waals surface area contributed by atoms with Gasteiger partial charge in [-0.15, -0.1) is 0 Å². The second-order valence-electron chi connectivity index (χ2n) is 5.34. The number of nitrogens with zero attached hydrogens (tertiary/aromatic N) is 1. The molecule has 1 N–H and O–H groups in total. The molecule has 1 aromatic carbocycles. The zero-order valence-corrected chi connectivity index (χ0v) is 11.6. The highest BCUT2D eigenvalue weighted by Gasteiger charge is 2.33. The van der Waals surface area contributed by atoms with E-state index >= 15 is 0 Å². The number of likely N-dealkylation sites (tertiary alicyclic amines) is 1. The highest BCUT2D eigenvalue weighted by atomic mass is 19.1. The zero-order chi connectivity index (χ0) is 14.9. The summed E-state index contributed by atoms with van der Waals surface area (Å²) in [5.74, 6) is -2.10. The fourth-order valence-corrected chi connectivity index (χ4v) is 2.67. The molecule has 1 aliphatic rings. The zero-order valence-electron chi connectivity index (χ0n) is 11.6. The molecule has 1 amide bonds. The molecule has 0 bridgehead atoms. The summed E-state index contributed by atoms with van der Waals surface area (Å²) in [7, 11) is 0. The third-order valence-corrected chi connectivity index (χ3v) is 3.91. The monoisotopic (exact) mass is 279 g/mol. The van der Waals surface area contributed by atoms with Crippen molar-refractivity contribution in [1.29, 1.82) is 0 Å². The Labute approximate surface area is 117 Å². The third-order valence-electron chi connectivity index (χ3n) is 3.91. The Morgan fingerprint density at radius 2 is 2.10 bits per heavy atom. The van der Waals surface area contributed by atoms with Gasteiger partial charge in [0.05, 0.1) is 11.5 Å². The van der Waals surface area contributed by atoms with Gasteiger partial charge < -0.3 is 10.0 Å². The van der Waals surface area contributed by atoms with Gasteiger partial charge in [0.25, 0.3) is 5.91 Å². The number of carbonyl (C=O) groups is 2. The molecule has 2 atom stereocenters. The maximum absolute atomic E-state index is 14.0. The first-order valence-corrected chi connectivity index (χ1v) is 6.70. The first-order valence-electron chi connectivity index (χ1n) is 6.70. The molecule has 2 unspecified atom stereocenters. The van der Waals surface area contributed by atoms with Crippen LogP contribution < -0.4 is 0 Å². The van der Waals surface area contributed by atoms with Crippen molar-refractivity contribution in [3.8, 4) is 0 Å². The Hall–Kier alpha value is -1.91. The van der Waals surface area contributed by atoms with Crippen LogP contribution in [0.15, 0.2) is 18.2 Å². The molecule has 2 rings (SSSR count). The largest absolute Gasteiger partial charge is 0.481 e. The molecular weight excluding hydrogens is 261 g/mol. The van der Waals surface area contributed by atoms with E-state index < -0.39 is 17.7 Å². The second kappa shape index (κ2) is 5.61. The summed E-state index contributed by atoms with van der Waals surface area (Å²) in [6.07, 6.45) is 0.827. The number of amides is 1. The lowest BCUT2D eigenvalue weighted by Crippen LogP contribution is -2.46. The number of hydrogen-bond donors (Lipinski definition) is 1. The minimum Gasteiger partial charge on any atom is -0.481 e. The minimum atomic E-state index is -0.828. The van der Waals surface area contributed by atoms with Gasteiger partial charge in [0.2, 0.25) is 0 Å². The maximum atomic E-state index is 14.0. The average Bonchev–Trinajstić information content (AvgIpc) is 2.41. The summed E-state index contributed by atoms with van der Waals surface area (Å²) in [6, 6.07) is 4.55. The van der Waals surface area contributed by atoms with E-state index in [-0.39, 0.29) is 17.5 Å². The van der Waals surface area contributed by atoms with Gasteiger partial charge in [-0.25, -0.2) is 4.39 Å². The van der Waals surface area contributed by atoms with E-state index in [9.17, 15) is 14.0 Å². The molecule has 20 heavy (non-hydrogen) atoms.